The smallest absolute Gasteiger partial charge is 0.254 e. The molecule has 0 radical (unpaired) electrons. The molecule has 3 heteroatoms. The number of hydrogen-bond donors (Lipinski definition) is 0. The maximum atomic E-state index is 13.0. The summed E-state index contributed by atoms with van der Waals surface area (Å²) in [6.07, 6.45) is 6.60. The van der Waals surface area contributed by atoms with Crippen LogP contribution in [0.15, 0.2) is 12.1 Å². The van der Waals surface area contributed by atoms with Crippen LogP contribution in [0.2, 0.25) is 0 Å². The molecular weight excluding hydrogens is 260 g/mol. The summed E-state index contributed by atoms with van der Waals surface area (Å²) < 4.78 is 0. The maximum absolute atomic E-state index is 13.0. The lowest BCUT2D eigenvalue weighted by atomic mass is 9.68. The minimum absolute atomic E-state index is 0.238. The zero-order valence-electron chi connectivity index (χ0n) is 13.0. The van der Waals surface area contributed by atoms with Crippen LogP contribution in [0.3, 0.4) is 0 Å². The van der Waals surface area contributed by atoms with Crippen LogP contribution in [-0.2, 0) is 0 Å². The van der Waals surface area contributed by atoms with Gasteiger partial charge in [0.25, 0.3) is 5.91 Å². The molecular formula is C18H24N2O. The Morgan fingerprint density at radius 2 is 1.57 bits per heavy atom. The summed E-state index contributed by atoms with van der Waals surface area (Å²) in [6.45, 7) is 4.93. The third-order valence-electron chi connectivity index (χ3n) is 5.70. The van der Waals surface area contributed by atoms with Crippen LogP contribution in [-0.4, -0.2) is 28.4 Å². The fraction of sp³-hybridized carbons (Fsp3) is 0.667. The van der Waals surface area contributed by atoms with Crippen LogP contribution in [0.4, 0.5) is 0 Å². The standard InChI is InChI=1S/C18H24N2O/c1-11-3-16(4-12(2)19-11)18(21)20-10-15-6-13-5-14(7-15)9-17(20)8-13/h3-4,13-15,17H,5-10H2,1-2H3/t13-,14-,15?,17?/m1/s1. The van der Waals surface area contributed by atoms with Crippen molar-refractivity contribution in [1.82, 2.24) is 9.88 Å². The molecule has 4 bridgehead atoms. The monoisotopic (exact) mass is 284 g/mol. The van der Waals surface area contributed by atoms with Crippen LogP contribution >= 0.6 is 0 Å². The van der Waals surface area contributed by atoms with Gasteiger partial charge in [0, 0.05) is 29.5 Å². The Kier molecular flexibility index (Phi) is 3.05. The molecule has 2 aliphatic heterocycles. The molecule has 0 aromatic carbocycles. The van der Waals surface area contributed by atoms with Crippen LogP contribution < -0.4 is 0 Å². The first kappa shape index (κ1) is 13.3. The van der Waals surface area contributed by atoms with Crippen molar-refractivity contribution in [2.45, 2.75) is 52.0 Å². The molecule has 2 atom stereocenters. The number of fused-ring (bicyclic) bond motifs is 1. The summed E-state index contributed by atoms with van der Waals surface area (Å²) in [4.78, 5) is 19.6. The van der Waals surface area contributed by atoms with E-state index in [1.807, 2.05) is 26.0 Å². The van der Waals surface area contributed by atoms with Crippen molar-refractivity contribution < 1.29 is 4.79 Å². The van der Waals surface area contributed by atoms with Crippen LogP contribution in [0.25, 0.3) is 0 Å². The van der Waals surface area contributed by atoms with Gasteiger partial charge in [-0.15, -0.1) is 0 Å². The maximum Gasteiger partial charge on any atom is 0.254 e. The Balaban J connectivity index is 1.64. The average molecular weight is 284 g/mol. The van der Waals surface area contributed by atoms with E-state index in [4.69, 9.17) is 0 Å². The summed E-state index contributed by atoms with van der Waals surface area (Å²) in [7, 11) is 0. The second-order valence-electron chi connectivity index (χ2n) is 7.53. The number of amides is 1. The highest BCUT2D eigenvalue weighted by Gasteiger charge is 2.44. The number of hydrogen-bond acceptors (Lipinski definition) is 2. The highest BCUT2D eigenvalue weighted by Crippen LogP contribution is 2.47. The molecule has 0 spiro atoms. The number of carbonyl (C=O) groups excluding carboxylic acids is 1. The summed E-state index contributed by atoms with van der Waals surface area (Å²) in [5.41, 5.74) is 2.72. The Morgan fingerprint density at radius 1 is 1.00 bits per heavy atom. The van der Waals surface area contributed by atoms with Crippen molar-refractivity contribution in [3.63, 3.8) is 0 Å². The largest absolute Gasteiger partial charge is 0.335 e. The Bertz CT molecular complexity index is 548. The van der Waals surface area contributed by atoms with Crippen LogP contribution in [0.5, 0.6) is 0 Å². The Morgan fingerprint density at radius 3 is 2.19 bits per heavy atom. The van der Waals surface area contributed by atoms with Gasteiger partial charge < -0.3 is 4.90 Å². The van der Waals surface area contributed by atoms with E-state index in [0.717, 1.165) is 41.2 Å². The molecule has 4 fully saturated rings. The summed E-state index contributed by atoms with van der Waals surface area (Å²) in [5, 5.41) is 0. The second-order valence-corrected chi connectivity index (χ2v) is 7.53. The molecule has 0 N–H and O–H groups in total. The molecule has 1 amide bonds. The first-order chi connectivity index (χ1) is 10.1. The lowest BCUT2D eigenvalue weighted by molar-refractivity contribution is 0.0632. The molecule has 2 saturated carbocycles. The fourth-order valence-electron chi connectivity index (χ4n) is 5.16. The van der Waals surface area contributed by atoms with Gasteiger partial charge in [0.1, 0.15) is 0 Å². The second kappa shape index (κ2) is 4.82. The van der Waals surface area contributed by atoms with Gasteiger partial charge in [-0.1, -0.05) is 0 Å². The average Bonchev–Trinajstić information content (AvgIpc) is 2.61. The van der Waals surface area contributed by atoms with Gasteiger partial charge in [0.2, 0.25) is 0 Å². The molecule has 1 aromatic heterocycles. The van der Waals surface area contributed by atoms with Gasteiger partial charge in [0.05, 0.1) is 0 Å². The van der Waals surface area contributed by atoms with E-state index < -0.39 is 0 Å². The number of aromatic nitrogens is 1. The van der Waals surface area contributed by atoms with Gasteiger partial charge in [-0.2, -0.15) is 0 Å². The molecule has 0 unspecified atom stereocenters. The fourth-order valence-corrected chi connectivity index (χ4v) is 5.16. The Hall–Kier alpha value is -1.38. The van der Waals surface area contributed by atoms with E-state index in [1.165, 1.54) is 32.1 Å². The first-order valence-corrected chi connectivity index (χ1v) is 8.34. The van der Waals surface area contributed by atoms with E-state index in [-0.39, 0.29) is 5.91 Å². The van der Waals surface area contributed by atoms with Gasteiger partial charge in [0.15, 0.2) is 0 Å². The predicted octanol–water partition coefficient (Wildman–Crippen LogP) is 3.35. The molecule has 5 rings (SSSR count). The number of nitrogens with zero attached hydrogens (tertiary/aromatic N) is 2. The normalized spacial score (nSPS) is 34.1. The van der Waals surface area contributed by atoms with E-state index in [0.29, 0.717) is 6.04 Å². The van der Waals surface area contributed by atoms with Crippen LogP contribution in [0, 0.1) is 31.6 Å². The number of carbonyl (C=O) groups is 1. The minimum Gasteiger partial charge on any atom is -0.335 e. The Labute approximate surface area is 126 Å². The van der Waals surface area contributed by atoms with E-state index >= 15 is 0 Å². The van der Waals surface area contributed by atoms with Gasteiger partial charge in [-0.3, -0.25) is 9.78 Å². The van der Waals surface area contributed by atoms with Gasteiger partial charge in [-0.25, -0.2) is 0 Å². The molecule has 4 aliphatic rings. The zero-order chi connectivity index (χ0) is 14.6. The predicted molar refractivity (Wildman–Crippen MR) is 82.1 cm³/mol. The number of pyridine rings is 1. The van der Waals surface area contributed by atoms with Crippen molar-refractivity contribution in [1.29, 1.82) is 0 Å². The molecule has 112 valence electrons. The first-order valence-electron chi connectivity index (χ1n) is 8.34. The van der Waals surface area contributed by atoms with Crippen LogP contribution in [0.1, 0.15) is 53.8 Å². The third kappa shape index (κ3) is 2.37. The van der Waals surface area contributed by atoms with E-state index in [2.05, 4.69) is 9.88 Å². The van der Waals surface area contributed by atoms with Crippen molar-refractivity contribution in [3.05, 3.63) is 29.1 Å². The lowest BCUT2D eigenvalue weighted by Gasteiger charge is -2.39. The lowest BCUT2D eigenvalue weighted by Crippen LogP contribution is -2.42. The molecule has 21 heavy (non-hydrogen) atoms. The number of rotatable bonds is 1. The van der Waals surface area contributed by atoms with Gasteiger partial charge in [-0.05, 0) is 75.8 Å². The minimum atomic E-state index is 0.238. The van der Waals surface area contributed by atoms with Gasteiger partial charge >= 0.3 is 0 Å². The molecule has 3 nitrogen and oxygen atoms in total. The number of aryl methyl sites for hydroxylation is 2. The van der Waals surface area contributed by atoms with Crippen molar-refractivity contribution in [3.8, 4) is 0 Å². The highest BCUT2D eigenvalue weighted by atomic mass is 16.2. The van der Waals surface area contributed by atoms with Crippen molar-refractivity contribution in [2.75, 3.05) is 6.54 Å². The molecule has 2 aliphatic carbocycles. The van der Waals surface area contributed by atoms with E-state index in [9.17, 15) is 4.79 Å². The summed E-state index contributed by atoms with van der Waals surface area (Å²) in [5.74, 6) is 2.74. The topological polar surface area (TPSA) is 33.2 Å². The van der Waals surface area contributed by atoms with E-state index in [1.54, 1.807) is 0 Å². The quantitative estimate of drug-likeness (QED) is 0.792. The van der Waals surface area contributed by atoms with Crippen molar-refractivity contribution in [2.24, 2.45) is 17.8 Å². The zero-order valence-corrected chi connectivity index (χ0v) is 13.0. The van der Waals surface area contributed by atoms with Crippen molar-refractivity contribution >= 4 is 5.91 Å². The summed E-state index contributed by atoms with van der Waals surface area (Å²) >= 11 is 0. The molecule has 3 heterocycles. The molecule has 2 saturated heterocycles. The molecule has 1 aromatic rings. The highest BCUT2D eigenvalue weighted by molar-refractivity contribution is 5.94. The SMILES string of the molecule is Cc1cc(C(=O)N2CC3C[C@@H]4CC2C[C@@H](C3)C4)cc(C)n1. The third-order valence-corrected chi connectivity index (χ3v) is 5.70. The summed E-state index contributed by atoms with van der Waals surface area (Å²) in [6, 6.07) is 4.39.